The Morgan fingerprint density at radius 3 is 2.23 bits per heavy atom. The Balaban J connectivity index is 1.68. The molecule has 4 aromatic rings. The number of nitrogens with zero attached hydrogens (tertiary/aromatic N) is 3. The van der Waals surface area contributed by atoms with E-state index < -0.39 is 11.8 Å². The van der Waals surface area contributed by atoms with Crippen LogP contribution in [0.1, 0.15) is 20.7 Å². The summed E-state index contributed by atoms with van der Waals surface area (Å²) in [5.41, 5.74) is 1.71. The minimum Gasteiger partial charge on any atom is -0.322 e. The van der Waals surface area contributed by atoms with Crippen LogP contribution in [-0.2, 0) is 0 Å². The zero-order valence-corrected chi connectivity index (χ0v) is 17.4. The van der Waals surface area contributed by atoms with Gasteiger partial charge in [-0.15, -0.1) is 0 Å². The molecular formula is C22H15Cl2N5O2. The summed E-state index contributed by atoms with van der Waals surface area (Å²) in [4.78, 5) is 29.7. The predicted molar refractivity (Wildman–Crippen MR) is 120 cm³/mol. The van der Waals surface area contributed by atoms with Crippen molar-refractivity contribution in [2.45, 2.75) is 0 Å². The Bertz CT molecular complexity index is 1220. The highest BCUT2D eigenvalue weighted by molar-refractivity contribution is 6.30. The second kappa shape index (κ2) is 8.99. The lowest BCUT2D eigenvalue weighted by Crippen LogP contribution is -2.19. The van der Waals surface area contributed by atoms with Crippen LogP contribution < -0.4 is 10.6 Å². The lowest BCUT2D eigenvalue weighted by atomic mass is 10.2. The molecule has 2 aromatic carbocycles. The fraction of sp³-hybridized carbons (Fsp3) is 0. The summed E-state index contributed by atoms with van der Waals surface area (Å²) in [7, 11) is 0. The van der Waals surface area contributed by atoms with Crippen molar-refractivity contribution in [3.05, 3.63) is 100 Å². The number of aromatic nitrogens is 3. The molecule has 31 heavy (non-hydrogen) atoms. The van der Waals surface area contributed by atoms with E-state index in [1.807, 2.05) is 30.3 Å². The number of carbonyl (C=O) groups is 2. The van der Waals surface area contributed by atoms with Gasteiger partial charge in [0.25, 0.3) is 11.8 Å². The maximum Gasteiger partial charge on any atom is 0.261 e. The molecule has 0 spiro atoms. The van der Waals surface area contributed by atoms with Gasteiger partial charge >= 0.3 is 0 Å². The Kier molecular flexibility index (Phi) is 5.97. The molecule has 0 aliphatic rings. The molecule has 0 saturated carbocycles. The number of carbonyl (C=O) groups excluding carboxylic acids is 2. The Labute approximate surface area is 187 Å². The van der Waals surface area contributed by atoms with Gasteiger partial charge in [0.15, 0.2) is 0 Å². The molecule has 0 fully saturated rings. The first-order valence-electron chi connectivity index (χ1n) is 9.14. The van der Waals surface area contributed by atoms with Crippen molar-refractivity contribution in [3.63, 3.8) is 0 Å². The molecule has 2 N–H and O–H groups in total. The number of benzene rings is 2. The molecular weight excluding hydrogens is 437 g/mol. The van der Waals surface area contributed by atoms with Gasteiger partial charge in [-0.25, -0.2) is 9.67 Å². The first-order valence-corrected chi connectivity index (χ1v) is 9.90. The Morgan fingerprint density at radius 1 is 0.806 bits per heavy atom. The van der Waals surface area contributed by atoms with Crippen molar-refractivity contribution in [2.24, 2.45) is 0 Å². The third-order valence-electron chi connectivity index (χ3n) is 4.34. The monoisotopic (exact) mass is 451 g/mol. The molecule has 2 aromatic heterocycles. The number of para-hydroxylation sites is 1. The average Bonchev–Trinajstić information content (AvgIpc) is 3.20. The molecule has 4 rings (SSSR count). The highest BCUT2D eigenvalue weighted by Crippen LogP contribution is 2.23. The summed E-state index contributed by atoms with van der Waals surface area (Å²) in [5.74, 6) is -0.672. The van der Waals surface area contributed by atoms with Gasteiger partial charge in [0.05, 0.1) is 17.4 Å². The summed E-state index contributed by atoms with van der Waals surface area (Å²) >= 11 is 11.7. The van der Waals surface area contributed by atoms with E-state index in [1.165, 1.54) is 23.1 Å². The first-order chi connectivity index (χ1) is 15.0. The lowest BCUT2D eigenvalue weighted by molar-refractivity contribution is 0.102. The zero-order chi connectivity index (χ0) is 21.8. The number of pyridine rings is 1. The van der Waals surface area contributed by atoms with E-state index in [0.29, 0.717) is 16.4 Å². The molecule has 154 valence electrons. The van der Waals surface area contributed by atoms with E-state index in [2.05, 4.69) is 20.7 Å². The second-order valence-electron chi connectivity index (χ2n) is 6.44. The van der Waals surface area contributed by atoms with Gasteiger partial charge in [-0.3, -0.25) is 9.59 Å². The van der Waals surface area contributed by atoms with E-state index in [4.69, 9.17) is 23.2 Å². The molecule has 0 radical (unpaired) electrons. The number of halogens is 2. The molecule has 0 aliphatic heterocycles. The summed E-state index contributed by atoms with van der Waals surface area (Å²) in [6.45, 7) is 0. The van der Waals surface area contributed by atoms with Crippen molar-refractivity contribution < 1.29 is 9.59 Å². The quantitative estimate of drug-likeness (QED) is 0.414. The largest absolute Gasteiger partial charge is 0.322 e. The van der Waals surface area contributed by atoms with Crippen molar-refractivity contribution in [1.82, 2.24) is 14.8 Å². The molecule has 7 nitrogen and oxygen atoms in total. The molecule has 2 heterocycles. The standard InChI is InChI=1S/C22H15Cl2N5O2/c23-15-7-9-16(10-8-15)27-22(31)18-13-26-29(17-4-2-1-3-5-17)20(18)28-21(30)14-6-11-19(24)25-12-14/h1-13H,(H,27,31)(H,28,30). The van der Waals surface area contributed by atoms with E-state index in [-0.39, 0.29) is 22.1 Å². The molecule has 0 unspecified atom stereocenters. The highest BCUT2D eigenvalue weighted by atomic mass is 35.5. The molecule has 0 atom stereocenters. The second-order valence-corrected chi connectivity index (χ2v) is 7.26. The molecule has 0 saturated heterocycles. The summed E-state index contributed by atoms with van der Waals surface area (Å²) < 4.78 is 1.48. The smallest absolute Gasteiger partial charge is 0.261 e. The summed E-state index contributed by atoms with van der Waals surface area (Å²) in [6.07, 6.45) is 2.75. The third-order valence-corrected chi connectivity index (χ3v) is 4.81. The van der Waals surface area contributed by atoms with Crippen LogP contribution in [0.3, 0.4) is 0 Å². The number of hydrogen-bond acceptors (Lipinski definition) is 4. The predicted octanol–water partition coefficient (Wildman–Crippen LogP) is 5.08. The summed E-state index contributed by atoms with van der Waals surface area (Å²) in [5, 5.41) is 10.7. The van der Waals surface area contributed by atoms with E-state index in [0.717, 1.165) is 0 Å². The number of anilines is 2. The molecule has 9 heteroatoms. The fourth-order valence-corrected chi connectivity index (χ4v) is 3.06. The maximum atomic E-state index is 12.9. The zero-order valence-electron chi connectivity index (χ0n) is 15.9. The average molecular weight is 452 g/mol. The maximum absolute atomic E-state index is 12.9. The third kappa shape index (κ3) is 4.74. The van der Waals surface area contributed by atoms with Crippen molar-refractivity contribution >= 4 is 46.5 Å². The van der Waals surface area contributed by atoms with Crippen LogP contribution in [0.2, 0.25) is 10.2 Å². The van der Waals surface area contributed by atoms with Crippen LogP contribution in [0.5, 0.6) is 0 Å². The normalized spacial score (nSPS) is 10.5. The Hall–Kier alpha value is -3.68. The SMILES string of the molecule is O=C(Nc1c(C(=O)Nc2ccc(Cl)cc2)cnn1-c1ccccc1)c1ccc(Cl)nc1. The molecule has 2 amide bonds. The van der Waals surface area contributed by atoms with Gasteiger partial charge in [-0.2, -0.15) is 5.10 Å². The van der Waals surface area contributed by atoms with Crippen LogP contribution in [-0.4, -0.2) is 26.6 Å². The van der Waals surface area contributed by atoms with Gasteiger partial charge in [0.2, 0.25) is 0 Å². The van der Waals surface area contributed by atoms with Crippen LogP contribution in [0.15, 0.2) is 79.1 Å². The minimum absolute atomic E-state index is 0.189. The van der Waals surface area contributed by atoms with E-state index in [9.17, 15) is 9.59 Å². The van der Waals surface area contributed by atoms with Gasteiger partial charge in [0.1, 0.15) is 16.5 Å². The molecule has 0 aliphatic carbocycles. The lowest BCUT2D eigenvalue weighted by Gasteiger charge is -2.12. The van der Waals surface area contributed by atoms with Crippen LogP contribution in [0.4, 0.5) is 11.5 Å². The van der Waals surface area contributed by atoms with Gasteiger partial charge in [0, 0.05) is 16.9 Å². The number of rotatable bonds is 5. The van der Waals surface area contributed by atoms with Crippen molar-refractivity contribution in [1.29, 1.82) is 0 Å². The first kappa shape index (κ1) is 20.6. The molecule has 0 bridgehead atoms. The van der Waals surface area contributed by atoms with Crippen LogP contribution in [0.25, 0.3) is 5.69 Å². The van der Waals surface area contributed by atoms with E-state index >= 15 is 0 Å². The van der Waals surface area contributed by atoms with Crippen LogP contribution >= 0.6 is 23.2 Å². The topological polar surface area (TPSA) is 88.9 Å². The Morgan fingerprint density at radius 2 is 1.55 bits per heavy atom. The minimum atomic E-state index is -0.456. The van der Waals surface area contributed by atoms with Crippen molar-refractivity contribution in [2.75, 3.05) is 10.6 Å². The van der Waals surface area contributed by atoms with Crippen LogP contribution in [0, 0.1) is 0 Å². The van der Waals surface area contributed by atoms with Crippen molar-refractivity contribution in [3.8, 4) is 5.69 Å². The van der Waals surface area contributed by atoms with E-state index in [1.54, 1.807) is 30.3 Å². The fourth-order valence-electron chi connectivity index (χ4n) is 2.82. The van der Waals surface area contributed by atoms with Gasteiger partial charge in [-0.1, -0.05) is 41.4 Å². The number of hydrogen-bond donors (Lipinski definition) is 2. The number of nitrogens with one attached hydrogen (secondary N) is 2. The van der Waals surface area contributed by atoms with Gasteiger partial charge < -0.3 is 10.6 Å². The number of amides is 2. The summed E-state index contributed by atoms with van der Waals surface area (Å²) in [6, 6.07) is 18.9. The highest BCUT2D eigenvalue weighted by Gasteiger charge is 2.21. The van der Waals surface area contributed by atoms with Gasteiger partial charge in [-0.05, 0) is 48.5 Å².